The third-order valence-corrected chi connectivity index (χ3v) is 15.4. The fourth-order valence-corrected chi connectivity index (χ4v) is 12.2. The maximum Gasteiger partial charge on any atom is 0.0541 e. The monoisotopic (exact) mass is 894 g/mol. The summed E-state index contributed by atoms with van der Waals surface area (Å²) in [5, 5.41) is 12.7. The van der Waals surface area contributed by atoms with E-state index in [1.54, 1.807) is 0 Å². The van der Waals surface area contributed by atoms with Crippen LogP contribution >= 0.6 is 11.3 Å². The van der Waals surface area contributed by atoms with Crippen molar-refractivity contribution in [2.45, 2.75) is 0 Å². The second kappa shape index (κ2) is 16.0. The van der Waals surface area contributed by atoms with Crippen LogP contribution in [-0.4, -0.2) is 4.57 Å². The Morgan fingerprint density at radius 1 is 0.304 bits per heavy atom. The highest BCUT2D eigenvalue weighted by Crippen LogP contribution is 2.46. The number of para-hydroxylation sites is 4. The summed E-state index contributed by atoms with van der Waals surface area (Å²) in [6.07, 6.45) is 0. The number of rotatable bonds is 7. The number of thiophene rings is 1. The highest BCUT2D eigenvalue weighted by molar-refractivity contribution is 7.26. The molecule has 0 saturated carbocycles. The lowest BCUT2D eigenvalue weighted by Crippen LogP contribution is -2.11. The smallest absolute Gasteiger partial charge is 0.0541 e. The first kappa shape index (κ1) is 39.4. The van der Waals surface area contributed by atoms with Gasteiger partial charge in [0.2, 0.25) is 0 Å². The molecule has 2 aromatic heterocycles. The molecule has 0 aliphatic heterocycles. The second-order valence-corrected chi connectivity index (χ2v) is 19.1. The van der Waals surface area contributed by atoms with E-state index in [1.165, 1.54) is 102 Å². The quantitative estimate of drug-likeness (QED) is 0.145. The standard InChI is InChI=1S/C66H42N2S/c1-4-19-52-44(15-1)33-40-59-58-39-34-46(42-65(58)69-66(52)59)43-29-35-48(36-30-43)67(62-26-12-10-24-57(62)60-41-47-16-2-3-17-50(47)53-20-5-6-21-54(53)60)49-37-31-45(32-38-49)51-18-7-11-25-61(51)68-63-27-13-8-22-55(63)56-23-9-14-28-64(56)68/h1-42H. The number of benzene rings is 12. The second-order valence-electron chi connectivity index (χ2n) is 18.0. The highest BCUT2D eigenvalue weighted by atomic mass is 32.1. The van der Waals surface area contributed by atoms with Gasteiger partial charge in [-0.2, -0.15) is 0 Å². The Bertz CT molecular complexity index is 4260. The fraction of sp³-hybridized carbons (Fsp3) is 0. The average Bonchev–Trinajstić information content (AvgIpc) is 3.97. The van der Waals surface area contributed by atoms with Crippen molar-refractivity contribution in [3.05, 3.63) is 255 Å². The molecule has 0 fully saturated rings. The lowest BCUT2D eigenvalue weighted by atomic mass is 9.92. The summed E-state index contributed by atoms with van der Waals surface area (Å²) < 4.78 is 5.08. The Labute approximate surface area is 403 Å². The van der Waals surface area contributed by atoms with Crippen molar-refractivity contribution in [3.8, 4) is 39.1 Å². The molecule has 14 rings (SSSR count). The molecule has 0 bridgehead atoms. The van der Waals surface area contributed by atoms with Gasteiger partial charge < -0.3 is 9.47 Å². The molecule has 0 spiro atoms. The third-order valence-electron chi connectivity index (χ3n) is 14.2. The summed E-state index contributed by atoms with van der Waals surface area (Å²) >= 11 is 1.89. The van der Waals surface area contributed by atoms with E-state index in [2.05, 4.69) is 264 Å². The van der Waals surface area contributed by atoms with Gasteiger partial charge in [-0.1, -0.05) is 194 Å². The molecule has 0 unspecified atom stereocenters. The van der Waals surface area contributed by atoms with Crippen LogP contribution in [0.15, 0.2) is 255 Å². The third kappa shape index (κ3) is 6.39. The summed E-state index contributed by atoms with van der Waals surface area (Å²) in [5.41, 5.74) is 14.0. The lowest BCUT2D eigenvalue weighted by molar-refractivity contribution is 1.18. The average molecular weight is 895 g/mol. The van der Waals surface area contributed by atoms with Gasteiger partial charge in [-0.25, -0.2) is 0 Å². The zero-order chi connectivity index (χ0) is 45.4. The maximum atomic E-state index is 2.44. The number of aromatic nitrogens is 1. The van der Waals surface area contributed by atoms with E-state index in [1.807, 2.05) is 11.3 Å². The molecule has 322 valence electrons. The molecule has 12 aromatic carbocycles. The molecule has 0 saturated heterocycles. The first-order valence-corrected chi connectivity index (χ1v) is 24.5. The van der Waals surface area contributed by atoms with Crippen LogP contribution in [-0.2, 0) is 0 Å². The summed E-state index contributed by atoms with van der Waals surface area (Å²) in [6, 6.07) is 93.7. The van der Waals surface area contributed by atoms with Crippen LogP contribution in [0.5, 0.6) is 0 Å². The van der Waals surface area contributed by atoms with E-state index >= 15 is 0 Å². The van der Waals surface area contributed by atoms with Gasteiger partial charge in [0.25, 0.3) is 0 Å². The molecule has 2 nitrogen and oxygen atoms in total. The molecule has 2 heterocycles. The van der Waals surface area contributed by atoms with Crippen molar-refractivity contribution < 1.29 is 0 Å². The van der Waals surface area contributed by atoms with Crippen LogP contribution in [0, 0.1) is 0 Å². The van der Waals surface area contributed by atoms with Crippen molar-refractivity contribution in [1.82, 2.24) is 4.57 Å². The zero-order valence-electron chi connectivity index (χ0n) is 37.6. The van der Waals surface area contributed by atoms with Crippen molar-refractivity contribution in [2.24, 2.45) is 0 Å². The van der Waals surface area contributed by atoms with E-state index in [0.717, 1.165) is 28.3 Å². The lowest BCUT2D eigenvalue weighted by Gasteiger charge is -2.29. The fourth-order valence-electron chi connectivity index (χ4n) is 11.0. The number of fused-ring (bicyclic) bond motifs is 11. The first-order valence-electron chi connectivity index (χ1n) is 23.7. The normalized spacial score (nSPS) is 11.8. The summed E-state index contributed by atoms with van der Waals surface area (Å²) in [7, 11) is 0. The van der Waals surface area contributed by atoms with Crippen LogP contribution in [0.1, 0.15) is 0 Å². The molecule has 0 amide bonds. The Morgan fingerprint density at radius 3 is 1.58 bits per heavy atom. The van der Waals surface area contributed by atoms with Crippen molar-refractivity contribution in [3.63, 3.8) is 0 Å². The van der Waals surface area contributed by atoms with Gasteiger partial charge >= 0.3 is 0 Å². The summed E-state index contributed by atoms with van der Waals surface area (Å²) in [6.45, 7) is 0. The van der Waals surface area contributed by atoms with Gasteiger partial charge in [0, 0.05) is 53.4 Å². The van der Waals surface area contributed by atoms with Crippen LogP contribution in [0.25, 0.3) is 113 Å². The summed E-state index contributed by atoms with van der Waals surface area (Å²) in [4.78, 5) is 2.44. The number of hydrogen-bond acceptors (Lipinski definition) is 2. The highest BCUT2D eigenvalue weighted by Gasteiger charge is 2.21. The number of anilines is 3. The van der Waals surface area contributed by atoms with Gasteiger partial charge in [-0.15, -0.1) is 11.3 Å². The number of nitrogens with zero attached hydrogens (tertiary/aromatic N) is 2. The largest absolute Gasteiger partial charge is 0.310 e. The minimum Gasteiger partial charge on any atom is -0.310 e. The molecule has 0 radical (unpaired) electrons. The Kier molecular flexibility index (Phi) is 9.11. The molecule has 0 aliphatic rings. The predicted molar refractivity (Wildman–Crippen MR) is 297 cm³/mol. The van der Waals surface area contributed by atoms with E-state index in [4.69, 9.17) is 0 Å². The van der Waals surface area contributed by atoms with E-state index in [-0.39, 0.29) is 0 Å². The minimum atomic E-state index is 1.08. The van der Waals surface area contributed by atoms with Crippen LogP contribution in [0.3, 0.4) is 0 Å². The van der Waals surface area contributed by atoms with Gasteiger partial charge in [0.1, 0.15) is 0 Å². The van der Waals surface area contributed by atoms with E-state index in [0.29, 0.717) is 0 Å². The van der Waals surface area contributed by atoms with E-state index in [9.17, 15) is 0 Å². The predicted octanol–water partition coefficient (Wildman–Crippen LogP) is 19.1. The molecule has 0 atom stereocenters. The van der Waals surface area contributed by atoms with E-state index < -0.39 is 0 Å². The molecule has 14 aromatic rings. The van der Waals surface area contributed by atoms with Gasteiger partial charge in [-0.05, 0) is 115 Å². The molecular weight excluding hydrogens is 853 g/mol. The zero-order valence-corrected chi connectivity index (χ0v) is 38.4. The van der Waals surface area contributed by atoms with Crippen LogP contribution in [0.2, 0.25) is 0 Å². The SMILES string of the molecule is c1ccc(N(c2ccc(-c3ccc4c(c3)sc3c5ccccc5ccc43)cc2)c2ccc(-c3ccccc3-n3c4ccccc4c4ccccc43)cc2)c(-c2cc3ccccc3c3ccccc23)c1. The molecule has 3 heteroatoms. The van der Waals surface area contributed by atoms with Crippen LogP contribution in [0.4, 0.5) is 17.1 Å². The first-order chi connectivity index (χ1) is 34.2. The van der Waals surface area contributed by atoms with Crippen molar-refractivity contribution in [2.75, 3.05) is 4.90 Å². The summed E-state index contributed by atoms with van der Waals surface area (Å²) in [5.74, 6) is 0. The minimum absolute atomic E-state index is 1.08. The maximum absolute atomic E-state index is 2.44. The topological polar surface area (TPSA) is 8.17 Å². The molecular formula is C66H42N2S. The van der Waals surface area contributed by atoms with Crippen LogP contribution < -0.4 is 4.90 Å². The Balaban J connectivity index is 0.914. The van der Waals surface area contributed by atoms with Crippen molar-refractivity contribution >= 4 is 103 Å². The molecule has 0 aliphatic carbocycles. The van der Waals surface area contributed by atoms with Gasteiger partial charge in [0.15, 0.2) is 0 Å². The number of hydrogen-bond donors (Lipinski definition) is 0. The molecule has 69 heavy (non-hydrogen) atoms. The Morgan fingerprint density at radius 2 is 0.841 bits per heavy atom. The van der Waals surface area contributed by atoms with Crippen molar-refractivity contribution in [1.29, 1.82) is 0 Å². The Hall–Kier alpha value is -8.76. The molecule has 0 N–H and O–H groups in total. The van der Waals surface area contributed by atoms with Gasteiger partial charge in [-0.3, -0.25) is 0 Å². The van der Waals surface area contributed by atoms with Gasteiger partial charge in [0.05, 0.1) is 22.4 Å².